The van der Waals surface area contributed by atoms with Crippen LogP contribution in [0.25, 0.3) is 11.6 Å². The minimum absolute atomic E-state index is 0.263. The molecule has 0 aliphatic carbocycles. The summed E-state index contributed by atoms with van der Waals surface area (Å²) in [6.07, 6.45) is 1.84. The van der Waals surface area contributed by atoms with E-state index in [0.29, 0.717) is 51.5 Å². The molecule has 1 atom stereocenters. The van der Waals surface area contributed by atoms with Gasteiger partial charge in [-0.05, 0) is 43.7 Å². The number of aryl methyl sites for hydroxylation is 1. The monoisotopic (exact) mass is 456 g/mol. The summed E-state index contributed by atoms with van der Waals surface area (Å²) in [7, 11) is 4.86. The smallest absolute Gasteiger partial charge is 0.256 e. The molecule has 0 fully saturated rings. The van der Waals surface area contributed by atoms with E-state index in [4.69, 9.17) is 9.57 Å². The normalized spacial score (nSPS) is 14.7. The van der Waals surface area contributed by atoms with Gasteiger partial charge in [-0.25, -0.2) is 4.39 Å². The van der Waals surface area contributed by atoms with Crippen LogP contribution >= 0.6 is 0 Å². The summed E-state index contributed by atoms with van der Waals surface area (Å²) in [4.78, 5) is 33.6. The molecule has 0 spiro atoms. The first-order valence-electron chi connectivity index (χ1n) is 10.4. The van der Waals surface area contributed by atoms with Gasteiger partial charge < -0.3 is 20.4 Å². The Kier molecular flexibility index (Phi) is 7.35. The van der Waals surface area contributed by atoms with Crippen LogP contribution in [0.2, 0.25) is 0 Å². The highest BCUT2D eigenvalue weighted by atomic mass is 19.1. The summed E-state index contributed by atoms with van der Waals surface area (Å²) in [5, 5.41) is 7.16. The summed E-state index contributed by atoms with van der Waals surface area (Å²) < 4.78 is 19.2. The number of H-pyrrole nitrogens is 1. The summed E-state index contributed by atoms with van der Waals surface area (Å²) in [6, 6.07) is 4.14. The van der Waals surface area contributed by atoms with Crippen LogP contribution in [0, 0.1) is 19.7 Å². The number of anilines is 1. The third-order valence-corrected chi connectivity index (χ3v) is 5.76. The second-order valence-corrected chi connectivity index (χ2v) is 7.88. The number of nitrogens with zero attached hydrogens (tertiary/aromatic N) is 1. The summed E-state index contributed by atoms with van der Waals surface area (Å²) in [6.45, 7) is 7.81. The van der Waals surface area contributed by atoms with E-state index in [1.165, 1.54) is 23.3 Å². The number of ether oxygens (including phenoxy) is 1. The highest BCUT2D eigenvalue weighted by Crippen LogP contribution is 2.34. The minimum Gasteiger partial charge on any atom is -0.379 e. The number of methoxy groups -OCH3 is 1. The number of rotatable bonds is 9. The number of carbonyl (C=O) groups is 2. The van der Waals surface area contributed by atoms with Crippen molar-refractivity contribution >= 4 is 29.2 Å². The predicted molar refractivity (Wildman–Crippen MR) is 125 cm³/mol. The highest BCUT2D eigenvalue weighted by molar-refractivity contribution is 6.34. The van der Waals surface area contributed by atoms with Crippen LogP contribution in [0.4, 0.5) is 10.1 Å². The first-order valence-corrected chi connectivity index (χ1v) is 10.4. The van der Waals surface area contributed by atoms with Crippen molar-refractivity contribution in [3.63, 3.8) is 0 Å². The lowest BCUT2D eigenvalue weighted by atomic mass is 10.0. The number of amides is 2. The maximum atomic E-state index is 13.7. The van der Waals surface area contributed by atoms with Gasteiger partial charge in [0.05, 0.1) is 24.4 Å². The molecule has 33 heavy (non-hydrogen) atoms. The number of aromatic amines is 1. The topological polar surface area (TPSA) is 95.7 Å². The third-order valence-electron chi connectivity index (χ3n) is 5.76. The first kappa shape index (κ1) is 24.2. The summed E-state index contributed by atoms with van der Waals surface area (Å²) in [5.41, 5.74) is 4.54. The van der Waals surface area contributed by atoms with Crippen LogP contribution in [0.1, 0.15) is 39.3 Å². The predicted octanol–water partition coefficient (Wildman–Crippen LogP) is 3.41. The molecule has 0 saturated heterocycles. The van der Waals surface area contributed by atoms with Crippen LogP contribution < -0.4 is 10.6 Å². The van der Waals surface area contributed by atoms with E-state index in [1.807, 2.05) is 0 Å². The lowest BCUT2D eigenvalue weighted by Gasteiger charge is -2.23. The SMILES string of the molecule is C=C(CC(CNC(=O)c1c(C)[nH]c(/C=C2\C(=O)Nc3ccc(F)cc32)c1C)OC)N(C)OC. The van der Waals surface area contributed by atoms with Crippen molar-refractivity contribution in [2.24, 2.45) is 0 Å². The Morgan fingerprint density at radius 2 is 2.06 bits per heavy atom. The van der Waals surface area contributed by atoms with Gasteiger partial charge in [0, 0.05) is 55.5 Å². The minimum atomic E-state index is -0.428. The number of nitrogens with one attached hydrogen (secondary N) is 3. The Labute approximate surface area is 192 Å². The molecule has 3 N–H and O–H groups in total. The van der Waals surface area contributed by atoms with Crippen LogP contribution in [0.5, 0.6) is 0 Å². The lowest BCUT2D eigenvalue weighted by Crippen LogP contribution is -2.35. The van der Waals surface area contributed by atoms with Gasteiger partial charge in [0.25, 0.3) is 11.8 Å². The average Bonchev–Trinajstić information content (AvgIpc) is 3.24. The van der Waals surface area contributed by atoms with Crippen molar-refractivity contribution in [1.82, 2.24) is 15.4 Å². The molecule has 1 aromatic carbocycles. The number of fused-ring (bicyclic) bond motifs is 1. The van der Waals surface area contributed by atoms with Gasteiger partial charge in [-0.2, -0.15) is 0 Å². The van der Waals surface area contributed by atoms with Gasteiger partial charge in [0.1, 0.15) is 5.82 Å². The Morgan fingerprint density at radius 1 is 1.33 bits per heavy atom. The van der Waals surface area contributed by atoms with Gasteiger partial charge >= 0.3 is 0 Å². The van der Waals surface area contributed by atoms with E-state index in [0.717, 1.165) is 0 Å². The summed E-state index contributed by atoms with van der Waals surface area (Å²) in [5.74, 6) is -1.01. The van der Waals surface area contributed by atoms with Crippen LogP contribution in [-0.4, -0.2) is 55.8 Å². The molecule has 3 rings (SSSR count). The number of hydrogen-bond acceptors (Lipinski definition) is 5. The van der Waals surface area contributed by atoms with E-state index in [2.05, 4.69) is 22.2 Å². The number of carbonyl (C=O) groups excluding carboxylic acids is 2. The molecular weight excluding hydrogens is 427 g/mol. The molecule has 1 unspecified atom stereocenters. The maximum Gasteiger partial charge on any atom is 0.256 e. The van der Waals surface area contributed by atoms with Gasteiger partial charge in [0.15, 0.2) is 0 Å². The molecule has 1 aliphatic heterocycles. The number of halogens is 1. The second-order valence-electron chi connectivity index (χ2n) is 7.88. The van der Waals surface area contributed by atoms with Gasteiger partial charge in [-0.15, -0.1) is 0 Å². The zero-order chi connectivity index (χ0) is 24.3. The van der Waals surface area contributed by atoms with Crippen molar-refractivity contribution in [1.29, 1.82) is 0 Å². The van der Waals surface area contributed by atoms with Gasteiger partial charge in [-0.3, -0.25) is 19.5 Å². The van der Waals surface area contributed by atoms with Crippen molar-refractivity contribution in [3.05, 3.63) is 64.4 Å². The fourth-order valence-electron chi connectivity index (χ4n) is 3.76. The molecule has 176 valence electrons. The highest BCUT2D eigenvalue weighted by Gasteiger charge is 2.26. The number of benzene rings is 1. The molecule has 1 aliphatic rings. The zero-order valence-electron chi connectivity index (χ0n) is 19.5. The van der Waals surface area contributed by atoms with E-state index < -0.39 is 5.82 Å². The van der Waals surface area contributed by atoms with Crippen molar-refractivity contribution in [2.45, 2.75) is 26.4 Å². The quantitative estimate of drug-likeness (QED) is 0.397. The van der Waals surface area contributed by atoms with Crippen LogP contribution in [0.3, 0.4) is 0 Å². The molecule has 2 amide bonds. The molecule has 8 nitrogen and oxygen atoms in total. The van der Waals surface area contributed by atoms with E-state index in [1.54, 1.807) is 41.2 Å². The number of hydrogen-bond donors (Lipinski definition) is 3. The molecule has 1 aromatic heterocycles. The van der Waals surface area contributed by atoms with Crippen molar-refractivity contribution < 1.29 is 23.6 Å². The third kappa shape index (κ3) is 5.15. The lowest BCUT2D eigenvalue weighted by molar-refractivity contribution is -0.110. The molecule has 0 saturated carbocycles. The van der Waals surface area contributed by atoms with Crippen LogP contribution in [0.15, 0.2) is 30.5 Å². The molecule has 0 bridgehead atoms. The van der Waals surface area contributed by atoms with E-state index in [9.17, 15) is 14.0 Å². The van der Waals surface area contributed by atoms with Crippen molar-refractivity contribution in [3.8, 4) is 0 Å². The Hall–Kier alpha value is -3.43. The zero-order valence-corrected chi connectivity index (χ0v) is 19.5. The standard InChI is InChI=1S/C24H29FN4O4/c1-13(29(4)33-6)9-17(32-5)12-26-24(31)22-14(2)21(27-15(22)3)11-19-18-10-16(25)7-8-20(18)28-23(19)30/h7-8,10-11,17,27H,1,9,12H2,2-6H3,(H,26,31)(H,28,30)/b19-11-. The average molecular weight is 457 g/mol. The molecular formula is C24H29FN4O4. The first-order chi connectivity index (χ1) is 15.7. The summed E-state index contributed by atoms with van der Waals surface area (Å²) >= 11 is 0. The Balaban J connectivity index is 1.78. The fraction of sp³-hybridized carbons (Fsp3) is 0.333. The molecule has 0 radical (unpaired) electrons. The van der Waals surface area contributed by atoms with E-state index in [-0.39, 0.29) is 24.5 Å². The maximum absolute atomic E-state index is 13.7. The van der Waals surface area contributed by atoms with Crippen molar-refractivity contribution in [2.75, 3.05) is 33.1 Å². The van der Waals surface area contributed by atoms with E-state index >= 15 is 0 Å². The molecule has 9 heteroatoms. The van der Waals surface area contributed by atoms with Gasteiger partial charge in [0.2, 0.25) is 0 Å². The largest absolute Gasteiger partial charge is 0.379 e. The fourth-order valence-corrected chi connectivity index (χ4v) is 3.76. The van der Waals surface area contributed by atoms with Crippen LogP contribution in [-0.2, 0) is 14.4 Å². The number of hydroxylamine groups is 2. The molecule has 2 heterocycles. The number of aromatic nitrogens is 1. The Bertz CT molecular complexity index is 1120. The van der Waals surface area contributed by atoms with Gasteiger partial charge in [-0.1, -0.05) is 6.58 Å². The Morgan fingerprint density at radius 3 is 2.73 bits per heavy atom. The second kappa shape index (κ2) is 10.0. The molecule has 2 aromatic rings.